The third-order valence-electron chi connectivity index (χ3n) is 3.17. The monoisotopic (exact) mass is 250 g/mol. The first-order chi connectivity index (χ1) is 8.74. The lowest BCUT2D eigenvalue weighted by Crippen LogP contribution is -2.42. The van der Waals surface area contributed by atoms with Crippen molar-refractivity contribution in [3.63, 3.8) is 0 Å². The highest BCUT2D eigenvalue weighted by atomic mass is 16.5. The van der Waals surface area contributed by atoms with Gasteiger partial charge in [0, 0.05) is 20.1 Å². The van der Waals surface area contributed by atoms with Crippen LogP contribution >= 0.6 is 0 Å². The van der Waals surface area contributed by atoms with Gasteiger partial charge < -0.3 is 15.0 Å². The van der Waals surface area contributed by atoms with Crippen LogP contribution in [0.15, 0.2) is 12.4 Å². The maximum absolute atomic E-state index is 11.6. The molecule has 6 heteroatoms. The fraction of sp³-hybridized carbons (Fsp3) is 0.583. The number of aromatic nitrogens is 2. The lowest BCUT2D eigenvalue weighted by molar-refractivity contribution is -0.124. The van der Waals surface area contributed by atoms with E-state index in [-0.39, 0.29) is 11.8 Å². The number of hydrogen-bond acceptors (Lipinski definition) is 5. The minimum atomic E-state index is 0.0226. The Balaban J connectivity index is 2.05. The Morgan fingerprint density at radius 2 is 2.22 bits per heavy atom. The van der Waals surface area contributed by atoms with Gasteiger partial charge in [0.2, 0.25) is 11.9 Å². The van der Waals surface area contributed by atoms with Gasteiger partial charge in [-0.3, -0.25) is 4.79 Å². The fourth-order valence-electron chi connectivity index (χ4n) is 2.16. The highest BCUT2D eigenvalue weighted by Gasteiger charge is 2.26. The van der Waals surface area contributed by atoms with Crippen molar-refractivity contribution in [1.82, 2.24) is 15.3 Å². The molecule has 18 heavy (non-hydrogen) atoms. The van der Waals surface area contributed by atoms with Gasteiger partial charge in [-0.1, -0.05) is 0 Å². The van der Waals surface area contributed by atoms with E-state index >= 15 is 0 Å². The minimum Gasteiger partial charge on any atom is -0.494 e. The molecule has 98 valence electrons. The smallest absolute Gasteiger partial charge is 0.225 e. The molecule has 1 aliphatic rings. The van der Waals surface area contributed by atoms with Crippen molar-refractivity contribution < 1.29 is 9.53 Å². The Bertz CT molecular complexity index is 407. The van der Waals surface area contributed by atoms with Crippen molar-refractivity contribution in [1.29, 1.82) is 0 Å². The average Bonchev–Trinajstić information content (AvgIpc) is 2.46. The largest absolute Gasteiger partial charge is 0.494 e. The number of rotatable bonds is 3. The molecule has 0 spiro atoms. The molecule has 0 aliphatic carbocycles. The molecule has 1 amide bonds. The Hall–Kier alpha value is -1.85. The predicted molar refractivity (Wildman–Crippen MR) is 67.6 cm³/mol. The maximum Gasteiger partial charge on any atom is 0.225 e. The number of anilines is 1. The number of nitrogens with zero attached hydrogens (tertiary/aromatic N) is 3. The first kappa shape index (κ1) is 12.6. The van der Waals surface area contributed by atoms with Crippen LogP contribution in [0.4, 0.5) is 5.95 Å². The molecule has 1 N–H and O–H groups in total. The topological polar surface area (TPSA) is 67.4 Å². The zero-order chi connectivity index (χ0) is 13.0. The van der Waals surface area contributed by atoms with Gasteiger partial charge in [0.05, 0.1) is 25.4 Å². The molecular formula is C12H18N4O2. The van der Waals surface area contributed by atoms with Crippen molar-refractivity contribution in [2.45, 2.75) is 12.8 Å². The Morgan fingerprint density at radius 1 is 1.50 bits per heavy atom. The number of methoxy groups -OCH3 is 1. The van der Waals surface area contributed by atoms with Crippen LogP contribution in [0.3, 0.4) is 0 Å². The molecule has 1 unspecified atom stereocenters. The van der Waals surface area contributed by atoms with Gasteiger partial charge in [-0.15, -0.1) is 0 Å². The van der Waals surface area contributed by atoms with Gasteiger partial charge in [-0.25, -0.2) is 9.97 Å². The molecule has 1 aliphatic heterocycles. The maximum atomic E-state index is 11.6. The van der Waals surface area contributed by atoms with Crippen LogP contribution in [0.2, 0.25) is 0 Å². The van der Waals surface area contributed by atoms with Crippen molar-refractivity contribution in [2.75, 3.05) is 32.1 Å². The number of ether oxygens (including phenoxy) is 1. The van der Waals surface area contributed by atoms with Crippen LogP contribution in [0.1, 0.15) is 12.8 Å². The molecule has 0 bridgehead atoms. The van der Waals surface area contributed by atoms with Crippen LogP contribution in [-0.4, -0.2) is 43.1 Å². The summed E-state index contributed by atoms with van der Waals surface area (Å²) in [5.74, 6) is 1.41. The molecule has 1 aromatic heterocycles. The Kier molecular flexibility index (Phi) is 3.96. The first-order valence-corrected chi connectivity index (χ1v) is 6.07. The zero-order valence-electron chi connectivity index (χ0n) is 10.7. The lowest BCUT2D eigenvalue weighted by Gasteiger charge is -2.31. The summed E-state index contributed by atoms with van der Waals surface area (Å²) >= 11 is 0. The van der Waals surface area contributed by atoms with Gasteiger partial charge in [0.15, 0.2) is 5.75 Å². The Morgan fingerprint density at radius 3 is 2.83 bits per heavy atom. The Labute approximate surface area is 106 Å². The van der Waals surface area contributed by atoms with Crippen LogP contribution < -0.4 is 15.0 Å². The number of nitrogens with one attached hydrogen (secondary N) is 1. The molecule has 0 radical (unpaired) electrons. The lowest BCUT2D eigenvalue weighted by atomic mass is 9.97. The second-order valence-electron chi connectivity index (χ2n) is 4.32. The molecule has 1 fully saturated rings. The third kappa shape index (κ3) is 2.69. The summed E-state index contributed by atoms with van der Waals surface area (Å²) in [6.45, 7) is 1.56. The van der Waals surface area contributed by atoms with Crippen molar-refractivity contribution in [3.8, 4) is 5.75 Å². The number of amides is 1. The van der Waals surface area contributed by atoms with Gasteiger partial charge in [0.25, 0.3) is 0 Å². The standard InChI is InChI=1S/C12H18N4O2/c1-13-11(17)9-4-3-5-16(8-9)12-14-6-10(18-2)7-15-12/h6-7,9H,3-5,8H2,1-2H3,(H,13,17). The van der Waals surface area contributed by atoms with E-state index in [0.29, 0.717) is 18.2 Å². The van der Waals surface area contributed by atoms with Crippen LogP contribution in [0, 0.1) is 5.92 Å². The minimum absolute atomic E-state index is 0.0226. The highest BCUT2D eigenvalue weighted by Crippen LogP contribution is 2.21. The molecular weight excluding hydrogens is 232 g/mol. The van der Waals surface area contributed by atoms with E-state index in [9.17, 15) is 4.79 Å². The molecule has 0 saturated carbocycles. The molecule has 1 atom stereocenters. The summed E-state index contributed by atoms with van der Waals surface area (Å²) in [4.78, 5) is 22.2. The fourth-order valence-corrected chi connectivity index (χ4v) is 2.16. The molecule has 1 saturated heterocycles. The van der Waals surface area contributed by atoms with E-state index in [2.05, 4.69) is 15.3 Å². The summed E-state index contributed by atoms with van der Waals surface area (Å²) in [6, 6.07) is 0. The summed E-state index contributed by atoms with van der Waals surface area (Å²) in [6.07, 6.45) is 5.19. The van der Waals surface area contributed by atoms with Gasteiger partial charge in [-0.05, 0) is 12.8 Å². The summed E-state index contributed by atoms with van der Waals surface area (Å²) in [5, 5.41) is 2.70. The zero-order valence-corrected chi connectivity index (χ0v) is 10.7. The second-order valence-corrected chi connectivity index (χ2v) is 4.32. The molecule has 2 rings (SSSR count). The van der Waals surface area contributed by atoms with Gasteiger partial charge >= 0.3 is 0 Å². The number of piperidine rings is 1. The number of carbonyl (C=O) groups is 1. The SMILES string of the molecule is CNC(=O)C1CCCN(c2ncc(OC)cn2)C1. The molecule has 6 nitrogen and oxygen atoms in total. The predicted octanol–water partition coefficient (Wildman–Crippen LogP) is 0.448. The summed E-state index contributed by atoms with van der Waals surface area (Å²) < 4.78 is 5.03. The molecule has 0 aromatic carbocycles. The third-order valence-corrected chi connectivity index (χ3v) is 3.17. The van der Waals surface area contributed by atoms with E-state index in [0.717, 1.165) is 19.4 Å². The molecule has 2 heterocycles. The van der Waals surface area contributed by atoms with Crippen molar-refractivity contribution in [2.24, 2.45) is 5.92 Å². The van der Waals surface area contributed by atoms with Crippen LogP contribution in [0.5, 0.6) is 5.75 Å². The first-order valence-electron chi connectivity index (χ1n) is 6.07. The normalized spacial score (nSPS) is 19.4. The van der Waals surface area contributed by atoms with E-state index in [1.165, 1.54) is 0 Å². The van der Waals surface area contributed by atoms with Gasteiger partial charge in [-0.2, -0.15) is 0 Å². The van der Waals surface area contributed by atoms with E-state index < -0.39 is 0 Å². The summed E-state index contributed by atoms with van der Waals surface area (Å²) in [7, 11) is 3.26. The van der Waals surface area contributed by atoms with E-state index in [1.54, 1.807) is 26.6 Å². The molecule has 1 aromatic rings. The van der Waals surface area contributed by atoms with Crippen LogP contribution in [0.25, 0.3) is 0 Å². The van der Waals surface area contributed by atoms with E-state index in [4.69, 9.17) is 4.74 Å². The number of hydrogen-bond donors (Lipinski definition) is 1. The van der Waals surface area contributed by atoms with Crippen LogP contribution in [-0.2, 0) is 4.79 Å². The summed E-state index contributed by atoms with van der Waals surface area (Å²) in [5.41, 5.74) is 0. The van der Waals surface area contributed by atoms with Crippen molar-refractivity contribution in [3.05, 3.63) is 12.4 Å². The van der Waals surface area contributed by atoms with Crippen molar-refractivity contribution >= 4 is 11.9 Å². The quantitative estimate of drug-likeness (QED) is 0.843. The average molecular weight is 250 g/mol. The number of carbonyl (C=O) groups excluding carboxylic acids is 1. The van der Waals surface area contributed by atoms with E-state index in [1.807, 2.05) is 4.90 Å². The highest BCUT2D eigenvalue weighted by molar-refractivity contribution is 5.79. The second kappa shape index (κ2) is 5.66. The van der Waals surface area contributed by atoms with Gasteiger partial charge in [0.1, 0.15) is 0 Å².